The van der Waals surface area contributed by atoms with Crippen LogP contribution in [0.2, 0.25) is 0 Å². The van der Waals surface area contributed by atoms with E-state index in [0.29, 0.717) is 45.1 Å². The number of anilines is 2. The Morgan fingerprint density at radius 2 is 2.00 bits per heavy atom. The summed E-state index contributed by atoms with van der Waals surface area (Å²) in [6.07, 6.45) is 5.04. The number of methoxy groups -OCH3 is 1. The van der Waals surface area contributed by atoms with Crippen molar-refractivity contribution in [1.82, 2.24) is 19.9 Å². The Morgan fingerprint density at radius 1 is 1.18 bits per heavy atom. The van der Waals surface area contributed by atoms with Gasteiger partial charge in [0, 0.05) is 74.8 Å². The second-order valence-corrected chi connectivity index (χ2v) is 7.82. The van der Waals surface area contributed by atoms with Gasteiger partial charge in [-0.2, -0.15) is 0 Å². The van der Waals surface area contributed by atoms with Crippen LogP contribution < -0.4 is 10.2 Å². The number of nitrogens with zero attached hydrogens (tertiary/aromatic N) is 5. The quantitative estimate of drug-likeness (QED) is 0.433. The van der Waals surface area contributed by atoms with Crippen molar-refractivity contribution in [2.75, 3.05) is 56.7 Å². The zero-order valence-corrected chi connectivity index (χ0v) is 19.0. The fourth-order valence-electron chi connectivity index (χ4n) is 3.75. The number of allylic oxidation sites excluding steroid dienone is 1. The summed E-state index contributed by atoms with van der Waals surface area (Å²) in [7, 11) is 1.67. The average molecular weight is 449 g/mol. The molecule has 172 valence electrons. The van der Waals surface area contributed by atoms with Crippen LogP contribution in [0.4, 0.5) is 16.4 Å². The monoisotopic (exact) mass is 448 g/mol. The molecule has 0 atom stereocenters. The third-order valence-corrected chi connectivity index (χ3v) is 5.38. The first kappa shape index (κ1) is 22.5. The second-order valence-electron chi connectivity index (χ2n) is 7.82. The van der Waals surface area contributed by atoms with Gasteiger partial charge < -0.3 is 24.6 Å². The Hall–Kier alpha value is -3.72. The molecule has 4 heterocycles. The number of pyridine rings is 3. The van der Waals surface area contributed by atoms with Crippen LogP contribution in [0.1, 0.15) is 6.92 Å². The van der Waals surface area contributed by atoms with Crippen molar-refractivity contribution >= 4 is 28.5 Å². The number of hydrogen-bond acceptors (Lipinski definition) is 8. The molecule has 1 fully saturated rings. The molecule has 0 saturated carbocycles. The van der Waals surface area contributed by atoms with Gasteiger partial charge in [0.25, 0.3) is 0 Å². The maximum absolute atomic E-state index is 12.2. The Balaban J connectivity index is 1.60. The van der Waals surface area contributed by atoms with Gasteiger partial charge >= 0.3 is 6.09 Å². The van der Waals surface area contributed by atoms with Gasteiger partial charge in [-0.15, -0.1) is 0 Å². The Morgan fingerprint density at radius 3 is 2.76 bits per heavy atom. The highest BCUT2D eigenvalue weighted by Crippen LogP contribution is 2.30. The molecule has 1 saturated heterocycles. The lowest BCUT2D eigenvalue weighted by atomic mass is 10.1. The number of piperazine rings is 1. The number of carbonyl (C=O) groups excluding carboxylic acids is 1. The van der Waals surface area contributed by atoms with Crippen LogP contribution in [0.25, 0.3) is 22.0 Å². The molecular weight excluding hydrogens is 420 g/mol. The minimum absolute atomic E-state index is 0.358. The van der Waals surface area contributed by atoms with Crippen LogP contribution in [0, 0.1) is 0 Å². The van der Waals surface area contributed by atoms with E-state index in [1.54, 1.807) is 31.3 Å². The predicted molar refractivity (Wildman–Crippen MR) is 128 cm³/mol. The van der Waals surface area contributed by atoms with Gasteiger partial charge in [-0.3, -0.25) is 4.98 Å². The lowest BCUT2D eigenvalue weighted by Gasteiger charge is -2.35. The third kappa shape index (κ3) is 5.38. The van der Waals surface area contributed by atoms with Crippen molar-refractivity contribution < 1.29 is 14.3 Å². The summed E-state index contributed by atoms with van der Waals surface area (Å²) >= 11 is 0. The average Bonchev–Trinajstić information content (AvgIpc) is 2.83. The highest BCUT2D eigenvalue weighted by Gasteiger charge is 2.24. The molecule has 1 amide bonds. The lowest BCUT2D eigenvalue weighted by molar-refractivity contribution is 0.126. The molecular formula is C24H28N6O3. The summed E-state index contributed by atoms with van der Waals surface area (Å²) in [5, 5.41) is 5.29. The summed E-state index contributed by atoms with van der Waals surface area (Å²) < 4.78 is 10.3. The Kier molecular flexibility index (Phi) is 6.99. The van der Waals surface area contributed by atoms with Crippen LogP contribution in [-0.4, -0.2) is 72.4 Å². The van der Waals surface area contributed by atoms with Gasteiger partial charge in [0.2, 0.25) is 0 Å². The first-order valence-corrected chi connectivity index (χ1v) is 10.9. The van der Waals surface area contributed by atoms with Gasteiger partial charge in [-0.1, -0.05) is 6.58 Å². The molecule has 1 aliphatic heterocycles. The molecule has 0 aliphatic carbocycles. The van der Waals surface area contributed by atoms with Gasteiger partial charge in [0.15, 0.2) is 0 Å². The van der Waals surface area contributed by atoms with E-state index in [9.17, 15) is 4.79 Å². The highest BCUT2D eigenvalue weighted by atomic mass is 16.6. The van der Waals surface area contributed by atoms with Gasteiger partial charge in [0.1, 0.15) is 11.6 Å². The third-order valence-electron chi connectivity index (χ3n) is 5.38. The lowest BCUT2D eigenvalue weighted by Crippen LogP contribution is -2.49. The smallest absolute Gasteiger partial charge is 0.414 e. The maximum atomic E-state index is 12.2. The van der Waals surface area contributed by atoms with E-state index in [-0.39, 0.29) is 6.09 Å². The number of rotatable bonds is 7. The molecule has 9 nitrogen and oxygen atoms in total. The number of ether oxygens (including phenoxy) is 2. The minimum atomic E-state index is -0.358. The van der Waals surface area contributed by atoms with Crippen LogP contribution in [-0.2, 0) is 9.47 Å². The van der Waals surface area contributed by atoms with Crippen LogP contribution in [0.5, 0.6) is 0 Å². The van der Waals surface area contributed by atoms with E-state index in [1.165, 1.54) is 0 Å². The first-order chi connectivity index (χ1) is 16.0. The molecule has 3 aromatic rings. The fraction of sp³-hybridized carbons (Fsp3) is 0.333. The van der Waals surface area contributed by atoms with E-state index in [0.717, 1.165) is 33.7 Å². The number of nitrogens with one attached hydrogen (secondary N) is 1. The molecule has 3 aromatic heterocycles. The first-order valence-electron chi connectivity index (χ1n) is 10.9. The maximum Gasteiger partial charge on any atom is 0.414 e. The van der Waals surface area contributed by atoms with Crippen molar-refractivity contribution in [2.24, 2.45) is 0 Å². The Labute approximate surface area is 193 Å². The summed E-state index contributed by atoms with van der Waals surface area (Å²) in [5.41, 5.74) is 1.80. The SMILES string of the molecule is C=C(C)OC(=O)N1CCN(c2nc(-c3ccnc(NCCOC)c3)cc3cnccc23)CC1. The number of fused-ring (bicyclic) bond motifs is 1. The molecule has 9 heteroatoms. The summed E-state index contributed by atoms with van der Waals surface area (Å²) in [5.74, 6) is 2.04. The zero-order valence-electron chi connectivity index (χ0n) is 19.0. The molecule has 1 N–H and O–H groups in total. The highest BCUT2D eigenvalue weighted by molar-refractivity contribution is 5.94. The van der Waals surface area contributed by atoms with Gasteiger partial charge in [-0.05, 0) is 31.2 Å². The predicted octanol–water partition coefficient (Wildman–Crippen LogP) is 3.54. The zero-order chi connectivity index (χ0) is 23.2. The van der Waals surface area contributed by atoms with Gasteiger partial charge in [-0.25, -0.2) is 14.8 Å². The largest absolute Gasteiger partial charge is 0.416 e. The minimum Gasteiger partial charge on any atom is -0.416 e. The summed E-state index contributed by atoms with van der Waals surface area (Å²) in [6, 6.07) is 7.95. The fourth-order valence-corrected chi connectivity index (χ4v) is 3.75. The van der Waals surface area contributed by atoms with Gasteiger partial charge in [0.05, 0.1) is 18.1 Å². The van der Waals surface area contributed by atoms with Crippen molar-refractivity contribution in [3.63, 3.8) is 0 Å². The summed E-state index contributed by atoms with van der Waals surface area (Å²) in [6.45, 7) is 8.98. The molecule has 0 radical (unpaired) electrons. The van der Waals surface area contributed by atoms with Crippen molar-refractivity contribution in [1.29, 1.82) is 0 Å². The number of hydrogen-bond donors (Lipinski definition) is 1. The normalized spacial score (nSPS) is 13.8. The topological polar surface area (TPSA) is 92.7 Å². The molecule has 0 aromatic carbocycles. The van der Waals surface area contributed by atoms with Crippen molar-refractivity contribution in [3.05, 3.63) is 55.2 Å². The van der Waals surface area contributed by atoms with E-state index in [1.807, 2.05) is 30.5 Å². The number of amides is 1. The Bertz CT molecular complexity index is 1140. The van der Waals surface area contributed by atoms with Crippen molar-refractivity contribution in [3.8, 4) is 11.3 Å². The standard InChI is InChI=1S/C24H28N6O3/c1-17(2)33-24(31)30-11-9-29(10-12-30)23-20-5-6-25-16-19(20)14-21(28-23)18-4-7-26-22(15-18)27-8-13-32-3/h4-7,14-16H,1,8-13H2,2-3H3,(H,26,27). The molecule has 0 spiro atoms. The molecule has 33 heavy (non-hydrogen) atoms. The number of aromatic nitrogens is 3. The van der Waals surface area contributed by atoms with Crippen LogP contribution >= 0.6 is 0 Å². The van der Waals surface area contributed by atoms with E-state index in [4.69, 9.17) is 14.5 Å². The van der Waals surface area contributed by atoms with E-state index < -0.39 is 0 Å². The second kappa shape index (κ2) is 10.3. The summed E-state index contributed by atoms with van der Waals surface area (Å²) in [4.78, 5) is 29.8. The van der Waals surface area contributed by atoms with Crippen LogP contribution in [0.15, 0.2) is 55.2 Å². The van der Waals surface area contributed by atoms with Crippen LogP contribution in [0.3, 0.4) is 0 Å². The number of carbonyl (C=O) groups is 1. The molecule has 1 aliphatic rings. The molecule has 0 bridgehead atoms. The van der Waals surface area contributed by atoms with E-state index in [2.05, 4.69) is 26.8 Å². The van der Waals surface area contributed by atoms with E-state index >= 15 is 0 Å². The van der Waals surface area contributed by atoms with Crippen molar-refractivity contribution in [2.45, 2.75) is 6.92 Å². The molecule has 0 unspecified atom stereocenters. The molecule has 4 rings (SSSR count).